The van der Waals surface area contributed by atoms with Crippen molar-refractivity contribution < 1.29 is 18.3 Å². The molecule has 2 aliphatic rings. The molecule has 3 aromatic heterocycles. The van der Waals surface area contributed by atoms with Crippen molar-refractivity contribution in [1.29, 1.82) is 0 Å². The number of likely N-dealkylation sites (tertiary alicyclic amines) is 1. The highest BCUT2D eigenvalue weighted by molar-refractivity contribution is 6.04. The first kappa shape index (κ1) is 26.4. The van der Waals surface area contributed by atoms with Gasteiger partial charge in [-0.15, -0.1) is 0 Å². The van der Waals surface area contributed by atoms with E-state index in [1.54, 1.807) is 24.1 Å². The SMILES string of the molecule is Cc1cccc2c(-c3c(F)cc(F)c4nn(C)cc34)nn(-c3ccc(N4C[C@H]5C[C@@H]4CN5C(=O)OC(C)(C)C)nc3)c12. The highest BCUT2D eigenvalue weighted by Crippen LogP contribution is 2.39. The fourth-order valence-corrected chi connectivity index (χ4v) is 6.34. The Balaban J connectivity index is 1.23. The van der Waals surface area contributed by atoms with Crippen molar-refractivity contribution in [3.05, 3.63) is 66.0 Å². The Hall–Kier alpha value is -4.54. The minimum Gasteiger partial charge on any atom is -0.444 e. The lowest BCUT2D eigenvalue weighted by molar-refractivity contribution is 0.0214. The molecule has 9 nitrogen and oxygen atoms in total. The van der Waals surface area contributed by atoms with Crippen molar-refractivity contribution in [2.24, 2.45) is 7.05 Å². The first-order valence-electron chi connectivity index (χ1n) is 14.0. The fraction of sp³-hybridized carbons (Fsp3) is 0.355. The molecule has 0 saturated carbocycles. The topological polar surface area (TPSA) is 81.3 Å². The van der Waals surface area contributed by atoms with Crippen molar-refractivity contribution in [2.75, 3.05) is 18.0 Å². The molecular formula is C31H31F2N7O2. The summed E-state index contributed by atoms with van der Waals surface area (Å²) in [5.74, 6) is -0.583. The lowest BCUT2D eigenvalue weighted by Gasteiger charge is -2.35. The molecule has 2 saturated heterocycles. The predicted molar refractivity (Wildman–Crippen MR) is 156 cm³/mol. The summed E-state index contributed by atoms with van der Waals surface area (Å²) in [4.78, 5) is 21.5. The quantitative estimate of drug-likeness (QED) is 0.274. The van der Waals surface area contributed by atoms with E-state index in [1.807, 2.05) is 62.9 Å². The lowest BCUT2D eigenvalue weighted by atomic mass is 10.0. The van der Waals surface area contributed by atoms with Crippen LogP contribution in [0.25, 0.3) is 38.8 Å². The van der Waals surface area contributed by atoms with Gasteiger partial charge in [-0.1, -0.05) is 18.2 Å². The molecule has 0 unspecified atom stereocenters. The Kier molecular flexibility index (Phi) is 5.80. The van der Waals surface area contributed by atoms with Crippen LogP contribution in [0.4, 0.5) is 19.4 Å². The summed E-state index contributed by atoms with van der Waals surface area (Å²) in [6.45, 7) is 8.89. The largest absolute Gasteiger partial charge is 0.444 e. The number of pyridine rings is 1. The zero-order valence-corrected chi connectivity index (χ0v) is 24.1. The average molecular weight is 572 g/mol. The number of amides is 1. The zero-order chi connectivity index (χ0) is 29.5. The fourth-order valence-electron chi connectivity index (χ4n) is 6.34. The van der Waals surface area contributed by atoms with Gasteiger partial charge in [0, 0.05) is 48.7 Å². The van der Waals surface area contributed by atoms with Crippen molar-refractivity contribution in [3.8, 4) is 16.9 Å². The van der Waals surface area contributed by atoms with Gasteiger partial charge in [0.25, 0.3) is 0 Å². The number of carbonyl (C=O) groups excluding carboxylic acids is 1. The second kappa shape index (κ2) is 9.23. The molecular weight excluding hydrogens is 540 g/mol. The molecule has 2 aromatic carbocycles. The van der Waals surface area contributed by atoms with E-state index >= 15 is 4.39 Å². The number of anilines is 1. The number of hydrogen-bond acceptors (Lipinski definition) is 6. The van der Waals surface area contributed by atoms with E-state index < -0.39 is 17.2 Å². The highest BCUT2D eigenvalue weighted by atomic mass is 19.1. The summed E-state index contributed by atoms with van der Waals surface area (Å²) >= 11 is 0. The molecule has 5 aromatic rings. The maximum Gasteiger partial charge on any atom is 0.410 e. The molecule has 11 heteroatoms. The van der Waals surface area contributed by atoms with E-state index in [0.29, 0.717) is 29.9 Å². The summed E-state index contributed by atoms with van der Waals surface area (Å²) in [6, 6.07) is 10.8. The molecule has 42 heavy (non-hydrogen) atoms. The number of aromatic nitrogens is 5. The molecule has 0 N–H and O–H groups in total. The number of halogens is 2. The predicted octanol–water partition coefficient (Wildman–Crippen LogP) is 5.76. The van der Waals surface area contributed by atoms with Crippen molar-refractivity contribution in [1.82, 2.24) is 29.4 Å². The minimum absolute atomic E-state index is 0.0847. The molecule has 0 spiro atoms. The molecule has 2 aliphatic heterocycles. The van der Waals surface area contributed by atoms with Crippen LogP contribution in [0, 0.1) is 18.6 Å². The van der Waals surface area contributed by atoms with Gasteiger partial charge in [0.05, 0.1) is 29.5 Å². The molecule has 1 amide bonds. The molecule has 0 aliphatic carbocycles. The molecule has 7 rings (SSSR count). The summed E-state index contributed by atoms with van der Waals surface area (Å²) in [5, 5.41) is 10.2. The van der Waals surface area contributed by atoms with Crippen molar-refractivity contribution >= 4 is 33.7 Å². The van der Waals surface area contributed by atoms with E-state index in [2.05, 4.69) is 10.00 Å². The third-order valence-corrected chi connectivity index (χ3v) is 8.10. The number of hydrogen-bond donors (Lipinski definition) is 0. The van der Waals surface area contributed by atoms with Crippen molar-refractivity contribution in [2.45, 2.75) is 51.8 Å². The zero-order valence-electron chi connectivity index (χ0n) is 24.1. The van der Waals surface area contributed by atoms with Gasteiger partial charge in [-0.3, -0.25) is 4.68 Å². The molecule has 0 radical (unpaired) electrons. The standard InChI is InChI=1S/C31H31F2N7O2/c1-17-7-6-8-21-28(26-22-16-37(5)35-27(22)24(33)12-23(26)32)36-40(29(17)21)18-9-10-25(34-13-18)38-14-20-11-19(38)15-39(20)30(41)42-31(2,3)4/h6-10,12-13,16,19-20H,11,14-15H2,1-5H3/t19-,20-/m1/s1. The number of benzene rings is 2. The number of ether oxygens (including phenoxy) is 1. The second-order valence-electron chi connectivity index (χ2n) is 12.2. The maximum atomic E-state index is 15.4. The molecule has 5 heterocycles. The number of carbonyl (C=O) groups is 1. The van der Waals surface area contributed by atoms with Crippen LogP contribution in [0.15, 0.2) is 48.8 Å². The number of aryl methyl sites for hydroxylation is 2. The highest BCUT2D eigenvalue weighted by Gasteiger charge is 2.47. The van der Waals surface area contributed by atoms with Crippen LogP contribution in [0.3, 0.4) is 0 Å². The Bertz CT molecular complexity index is 1870. The normalized spacial score (nSPS) is 18.5. The summed E-state index contributed by atoms with van der Waals surface area (Å²) in [7, 11) is 1.68. The van der Waals surface area contributed by atoms with Gasteiger partial charge in [-0.25, -0.2) is 23.2 Å². The summed E-state index contributed by atoms with van der Waals surface area (Å²) < 4.78 is 38.8. The summed E-state index contributed by atoms with van der Waals surface area (Å²) in [6.07, 6.45) is 3.98. The van der Waals surface area contributed by atoms with Crippen LogP contribution in [0.5, 0.6) is 0 Å². The van der Waals surface area contributed by atoms with Crippen LogP contribution < -0.4 is 4.90 Å². The van der Waals surface area contributed by atoms with Crippen LogP contribution in [-0.2, 0) is 11.8 Å². The number of para-hydroxylation sites is 1. The van der Waals surface area contributed by atoms with E-state index in [4.69, 9.17) is 14.8 Å². The molecule has 2 atom stereocenters. The third kappa shape index (κ3) is 4.17. The lowest BCUT2D eigenvalue weighted by Crippen LogP contribution is -2.50. The first-order chi connectivity index (χ1) is 20.0. The number of fused-ring (bicyclic) bond motifs is 4. The Morgan fingerprint density at radius 1 is 1.02 bits per heavy atom. The Morgan fingerprint density at radius 3 is 2.52 bits per heavy atom. The van der Waals surface area contributed by atoms with Gasteiger partial charge in [0.2, 0.25) is 0 Å². The number of rotatable bonds is 3. The van der Waals surface area contributed by atoms with Crippen LogP contribution >= 0.6 is 0 Å². The van der Waals surface area contributed by atoms with Crippen LogP contribution in [0.2, 0.25) is 0 Å². The number of nitrogens with zero attached hydrogens (tertiary/aromatic N) is 7. The monoisotopic (exact) mass is 571 g/mol. The minimum atomic E-state index is -0.712. The molecule has 2 fully saturated rings. The van der Waals surface area contributed by atoms with Crippen LogP contribution in [0.1, 0.15) is 32.8 Å². The molecule has 216 valence electrons. The van der Waals surface area contributed by atoms with Gasteiger partial charge < -0.3 is 14.5 Å². The van der Waals surface area contributed by atoms with Gasteiger partial charge >= 0.3 is 6.09 Å². The average Bonchev–Trinajstić information content (AvgIpc) is 3.70. The van der Waals surface area contributed by atoms with E-state index in [0.717, 1.165) is 34.8 Å². The van der Waals surface area contributed by atoms with Gasteiger partial charge in [0.15, 0.2) is 5.82 Å². The second-order valence-corrected chi connectivity index (χ2v) is 12.2. The number of piperazine rings is 1. The summed E-state index contributed by atoms with van der Waals surface area (Å²) in [5.41, 5.74) is 2.68. The first-order valence-corrected chi connectivity index (χ1v) is 14.0. The van der Waals surface area contributed by atoms with Gasteiger partial charge in [-0.05, 0) is 51.8 Å². The Morgan fingerprint density at radius 2 is 1.83 bits per heavy atom. The van der Waals surface area contributed by atoms with E-state index in [-0.39, 0.29) is 29.3 Å². The van der Waals surface area contributed by atoms with E-state index in [1.165, 1.54) is 4.68 Å². The maximum absolute atomic E-state index is 15.4. The van der Waals surface area contributed by atoms with Gasteiger partial charge in [-0.2, -0.15) is 10.2 Å². The molecule has 2 bridgehead atoms. The van der Waals surface area contributed by atoms with Crippen LogP contribution in [-0.4, -0.2) is 66.3 Å². The van der Waals surface area contributed by atoms with E-state index in [9.17, 15) is 9.18 Å². The Labute approximate surface area is 241 Å². The smallest absolute Gasteiger partial charge is 0.410 e. The van der Waals surface area contributed by atoms with Gasteiger partial charge in [0.1, 0.15) is 28.4 Å². The van der Waals surface area contributed by atoms with Crippen molar-refractivity contribution in [3.63, 3.8) is 0 Å². The third-order valence-electron chi connectivity index (χ3n) is 8.10.